The predicted molar refractivity (Wildman–Crippen MR) is 64.2 cm³/mol. The molecule has 1 aromatic carbocycles. The molecule has 1 aliphatic carbocycles. The fourth-order valence-electron chi connectivity index (χ4n) is 3.07. The summed E-state index contributed by atoms with van der Waals surface area (Å²) in [5.74, 6) is 1.27. The third-order valence-corrected chi connectivity index (χ3v) is 3.99. The highest BCUT2D eigenvalue weighted by Crippen LogP contribution is 2.52. The Morgan fingerprint density at radius 2 is 1.94 bits per heavy atom. The van der Waals surface area contributed by atoms with Crippen molar-refractivity contribution >= 4 is 5.97 Å². The number of methoxy groups -OCH3 is 1. The van der Waals surface area contributed by atoms with E-state index in [0.29, 0.717) is 11.8 Å². The zero-order valence-corrected chi connectivity index (χ0v) is 10.0. The maximum atomic E-state index is 11.4. The van der Waals surface area contributed by atoms with Crippen molar-refractivity contribution in [1.82, 2.24) is 4.90 Å². The van der Waals surface area contributed by atoms with Crippen LogP contribution in [-0.2, 0) is 16.1 Å². The van der Waals surface area contributed by atoms with Gasteiger partial charge in [0.25, 0.3) is 0 Å². The molecule has 1 saturated heterocycles. The minimum Gasteiger partial charge on any atom is -0.469 e. The largest absolute Gasteiger partial charge is 0.469 e. The number of likely N-dealkylation sites (tertiary alicyclic amines) is 1. The summed E-state index contributed by atoms with van der Waals surface area (Å²) in [6, 6.07) is 10.5. The summed E-state index contributed by atoms with van der Waals surface area (Å²) in [5.41, 5.74) is 1.35. The average molecular weight is 231 g/mol. The van der Waals surface area contributed by atoms with E-state index in [1.807, 2.05) is 6.07 Å². The number of hydrogen-bond acceptors (Lipinski definition) is 3. The molecule has 0 aromatic heterocycles. The number of piperidine rings is 1. The van der Waals surface area contributed by atoms with E-state index in [0.717, 1.165) is 19.6 Å². The minimum absolute atomic E-state index is 0.0145. The molecular weight excluding hydrogens is 214 g/mol. The van der Waals surface area contributed by atoms with E-state index in [2.05, 4.69) is 29.2 Å². The second-order valence-electron chi connectivity index (χ2n) is 5.06. The summed E-state index contributed by atoms with van der Waals surface area (Å²) in [4.78, 5) is 13.8. The van der Waals surface area contributed by atoms with Gasteiger partial charge in [-0.2, -0.15) is 0 Å². The normalized spacial score (nSPS) is 31.0. The molecular formula is C14H17NO2. The molecule has 2 fully saturated rings. The van der Waals surface area contributed by atoms with Crippen LogP contribution in [0.15, 0.2) is 30.3 Å². The number of fused-ring (bicyclic) bond motifs is 1. The number of ether oxygens (including phenoxy) is 1. The molecule has 3 heteroatoms. The van der Waals surface area contributed by atoms with E-state index in [-0.39, 0.29) is 11.9 Å². The topological polar surface area (TPSA) is 29.5 Å². The zero-order valence-electron chi connectivity index (χ0n) is 10.0. The van der Waals surface area contributed by atoms with Crippen LogP contribution in [0.4, 0.5) is 0 Å². The number of carbonyl (C=O) groups excluding carboxylic acids is 1. The number of rotatable bonds is 3. The van der Waals surface area contributed by atoms with Crippen LogP contribution in [0.5, 0.6) is 0 Å². The van der Waals surface area contributed by atoms with Crippen LogP contribution in [-0.4, -0.2) is 31.1 Å². The SMILES string of the molecule is COC(=O)C1[C@H]2CN(Cc3ccccc3)C[C@@H]12. The van der Waals surface area contributed by atoms with E-state index in [1.165, 1.54) is 12.7 Å². The van der Waals surface area contributed by atoms with Crippen molar-refractivity contribution in [3.05, 3.63) is 35.9 Å². The summed E-state index contributed by atoms with van der Waals surface area (Å²) >= 11 is 0. The molecule has 1 heterocycles. The molecule has 90 valence electrons. The van der Waals surface area contributed by atoms with Crippen LogP contribution in [0.3, 0.4) is 0 Å². The van der Waals surface area contributed by atoms with Crippen molar-refractivity contribution in [1.29, 1.82) is 0 Å². The second kappa shape index (κ2) is 4.15. The fraction of sp³-hybridized carbons (Fsp3) is 0.500. The van der Waals surface area contributed by atoms with Gasteiger partial charge in [-0.05, 0) is 17.4 Å². The van der Waals surface area contributed by atoms with E-state index in [1.54, 1.807) is 0 Å². The van der Waals surface area contributed by atoms with Crippen LogP contribution in [0.1, 0.15) is 5.56 Å². The van der Waals surface area contributed by atoms with Crippen LogP contribution in [0.25, 0.3) is 0 Å². The third kappa shape index (κ3) is 1.95. The molecule has 1 aromatic rings. The van der Waals surface area contributed by atoms with Crippen LogP contribution >= 0.6 is 0 Å². The zero-order chi connectivity index (χ0) is 11.8. The Hall–Kier alpha value is -1.35. The Labute approximate surface area is 101 Å². The highest BCUT2D eigenvalue weighted by atomic mass is 16.5. The number of benzene rings is 1. The number of hydrogen-bond donors (Lipinski definition) is 0. The van der Waals surface area contributed by atoms with Gasteiger partial charge in [0.1, 0.15) is 0 Å². The van der Waals surface area contributed by atoms with Crippen LogP contribution in [0.2, 0.25) is 0 Å². The predicted octanol–water partition coefficient (Wildman–Crippen LogP) is 1.54. The Bertz CT molecular complexity index is 405. The monoisotopic (exact) mass is 231 g/mol. The lowest BCUT2D eigenvalue weighted by atomic mass is 10.2. The molecule has 0 amide bonds. The van der Waals surface area contributed by atoms with Crippen LogP contribution < -0.4 is 0 Å². The van der Waals surface area contributed by atoms with E-state index in [4.69, 9.17) is 4.74 Å². The van der Waals surface area contributed by atoms with E-state index < -0.39 is 0 Å². The quantitative estimate of drug-likeness (QED) is 0.739. The number of nitrogens with zero attached hydrogens (tertiary/aromatic N) is 1. The Balaban J connectivity index is 1.54. The molecule has 3 nitrogen and oxygen atoms in total. The summed E-state index contributed by atoms with van der Waals surface area (Å²) < 4.78 is 4.81. The van der Waals surface area contributed by atoms with Gasteiger partial charge in [-0.1, -0.05) is 30.3 Å². The lowest BCUT2D eigenvalue weighted by Gasteiger charge is -2.18. The first-order chi connectivity index (χ1) is 8.29. The highest BCUT2D eigenvalue weighted by molar-refractivity contribution is 5.76. The van der Waals surface area contributed by atoms with Crippen molar-refractivity contribution in [2.75, 3.05) is 20.2 Å². The van der Waals surface area contributed by atoms with Gasteiger partial charge >= 0.3 is 5.97 Å². The van der Waals surface area contributed by atoms with Crippen molar-refractivity contribution in [2.24, 2.45) is 17.8 Å². The first kappa shape index (κ1) is 10.8. The van der Waals surface area contributed by atoms with E-state index in [9.17, 15) is 4.79 Å². The molecule has 0 spiro atoms. The highest BCUT2D eigenvalue weighted by Gasteiger charge is 2.59. The molecule has 1 unspecified atom stereocenters. The Morgan fingerprint density at radius 3 is 2.53 bits per heavy atom. The average Bonchev–Trinajstić information content (AvgIpc) is 2.86. The van der Waals surface area contributed by atoms with Gasteiger partial charge in [0.2, 0.25) is 0 Å². The molecule has 17 heavy (non-hydrogen) atoms. The molecule has 0 N–H and O–H groups in total. The molecule has 0 radical (unpaired) electrons. The van der Waals surface area contributed by atoms with Crippen molar-refractivity contribution in [3.8, 4) is 0 Å². The first-order valence-corrected chi connectivity index (χ1v) is 6.13. The summed E-state index contributed by atoms with van der Waals surface area (Å²) in [7, 11) is 1.48. The number of esters is 1. The standard InChI is InChI=1S/C14H17NO2/c1-17-14(16)13-11-8-15(9-12(11)13)7-10-5-3-2-4-6-10/h2-6,11-13H,7-9H2,1H3/t11-,12+,13?. The van der Waals surface area contributed by atoms with Gasteiger partial charge in [0, 0.05) is 19.6 Å². The summed E-state index contributed by atoms with van der Waals surface area (Å²) in [5, 5.41) is 0. The summed E-state index contributed by atoms with van der Waals surface area (Å²) in [6.45, 7) is 3.08. The van der Waals surface area contributed by atoms with Gasteiger partial charge in [-0.15, -0.1) is 0 Å². The lowest BCUT2D eigenvalue weighted by Crippen LogP contribution is -2.26. The van der Waals surface area contributed by atoms with Gasteiger partial charge in [-0.25, -0.2) is 0 Å². The smallest absolute Gasteiger partial charge is 0.309 e. The Morgan fingerprint density at radius 1 is 1.29 bits per heavy atom. The maximum absolute atomic E-state index is 11.4. The van der Waals surface area contributed by atoms with Gasteiger partial charge in [0.15, 0.2) is 0 Å². The molecule has 2 aliphatic rings. The first-order valence-electron chi connectivity index (χ1n) is 6.13. The van der Waals surface area contributed by atoms with Gasteiger partial charge in [0.05, 0.1) is 13.0 Å². The molecule has 3 atom stereocenters. The Kier molecular flexibility index (Phi) is 2.63. The lowest BCUT2D eigenvalue weighted by molar-refractivity contribution is -0.143. The van der Waals surface area contributed by atoms with Crippen molar-refractivity contribution in [2.45, 2.75) is 6.54 Å². The van der Waals surface area contributed by atoms with Crippen molar-refractivity contribution in [3.63, 3.8) is 0 Å². The summed E-state index contributed by atoms with van der Waals surface area (Å²) in [6.07, 6.45) is 0. The molecule has 3 rings (SSSR count). The molecule has 0 bridgehead atoms. The van der Waals surface area contributed by atoms with E-state index >= 15 is 0 Å². The molecule has 1 saturated carbocycles. The number of carbonyl (C=O) groups is 1. The minimum atomic E-state index is -0.0145. The maximum Gasteiger partial charge on any atom is 0.309 e. The third-order valence-electron chi connectivity index (χ3n) is 3.99. The van der Waals surface area contributed by atoms with Crippen LogP contribution in [0, 0.1) is 17.8 Å². The molecule has 1 aliphatic heterocycles. The van der Waals surface area contributed by atoms with Gasteiger partial charge in [-0.3, -0.25) is 9.69 Å². The fourth-order valence-corrected chi connectivity index (χ4v) is 3.07. The van der Waals surface area contributed by atoms with Crippen molar-refractivity contribution < 1.29 is 9.53 Å². The second-order valence-corrected chi connectivity index (χ2v) is 5.06. The van der Waals surface area contributed by atoms with Gasteiger partial charge < -0.3 is 4.74 Å².